The summed E-state index contributed by atoms with van der Waals surface area (Å²) in [7, 11) is 3.02. The van der Waals surface area contributed by atoms with Gasteiger partial charge >= 0.3 is 0 Å². The average molecular weight is 442 g/mol. The lowest BCUT2D eigenvalue weighted by atomic mass is 10.2. The number of anilines is 1. The number of thiazole rings is 1. The van der Waals surface area contributed by atoms with Crippen molar-refractivity contribution in [3.05, 3.63) is 64.1 Å². The number of amides is 2. The van der Waals surface area contributed by atoms with E-state index in [-0.39, 0.29) is 12.5 Å². The Hall–Kier alpha value is -3.59. The maximum absolute atomic E-state index is 12.5. The Morgan fingerprint density at radius 2 is 1.81 bits per heavy atom. The van der Waals surface area contributed by atoms with Gasteiger partial charge in [0.2, 0.25) is 5.91 Å². The molecule has 0 aliphatic rings. The van der Waals surface area contributed by atoms with Gasteiger partial charge in [-0.2, -0.15) is 0 Å². The zero-order valence-electron chi connectivity index (χ0n) is 17.4. The molecule has 8 nitrogen and oxygen atoms in total. The van der Waals surface area contributed by atoms with Crippen molar-refractivity contribution in [3.8, 4) is 17.2 Å². The van der Waals surface area contributed by atoms with Crippen LogP contribution in [0, 0.1) is 6.92 Å². The third kappa shape index (κ3) is 5.95. The van der Waals surface area contributed by atoms with Crippen LogP contribution in [0.25, 0.3) is 0 Å². The molecule has 0 fully saturated rings. The molecule has 0 bridgehead atoms. The molecule has 0 saturated carbocycles. The van der Waals surface area contributed by atoms with Crippen LogP contribution in [0.2, 0.25) is 0 Å². The van der Waals surface area contributed by atoms with Gasteiger partial charge in [0.05, 0.1) is 37.7 Å². The summed E-state index contributed by atoms with van der Waals surface area (Å²) in [5.74, 6) is 0.680. The number of nitrogens with zero attached hydrogens (tertiary/aromatic N) is 1. The van der Waals surface area contributed by atoms with E-state index in [2.05, 4.69) is 15.6 Å². The first-order valence-electron chi connectivity index (χ1n) is 9.40. The molecular weight excluding hydrogens is 418 g/mol. The first-order valence-corrected chi connectivity index (χ1v) is 10.3. The van der Waals surface area contributed by atoms with Crippen LogP contribution in [0.3, 0.4) is 0 Å². The summed E-state index contributed by atoms with van der Waals surface area (Å²) >= 11 is 1.49. The van der Waals surface area contributed by atoms with Crippen LogP contribution in [0.15, 0.2) is 47.3 Å². The van der Waals surface area contributed by atoms with E-state index in [0.717, 1.165) is 11.3 Å². The van der Waals surface area contributed by atoms with E-state index >= 15 is 0 Å². The van der Waals surface area contributed by atoms with Crippen molar-refractivity contribution in [1.29, 1.82) is 0 Å². The van der Waals surface area contributed by atoms with E-state index in [1.54, 1.807) is 35.8 Å². The molecule has 1 heterocycles. The second-order valence-corrected chi connectivity index (χ2v) is 7.29. The van der Waals surface area contributed by atoms with Gasteiger partial charge in [-0.25, -0.2) is 4.98 Å². The molecule has 0 aliphatic heterocycles. The molecule has 31 heavy (non-hydrogen) atoms. The minimum atomic E-state index is -0.407. The van der Waals surface area contributed by atoms with Crippen LogP contribution < -0.4 is 24.8 Å². The number of rotatable bonds is 9. The molecule has 2 aromatic carbocycles. The van der Waals surface area contributed by atoms with E-state index in [1.807, 2.05) is 18.4 Å². The molecule has 0 atom stereocenters. The smallest absolute Gasteiger partial charge is 0.251 e. The standard InChI is InChI=1S/C22H23N3O5S/c1-14-4-6-18(28-2)17(8-14)25-21(26)10-23-22(27)15-5-7-19(20(9-15)29-3)30-11-16-12-31-13-24-16/h4-9,12-13H,10-11H2,1-3H3,(H,23,27)(H,25,26). The van der Waals surface area contributed by atoms with E-state index in [0.29, 0.717) is 35.1 Å². The number of carbonyl (C=O) groups is 2. The van der Waals surface area contributed by atoms with Gasteiger partial charge in [0.15, 0.2) is 11.5 Å². The molecule has 0 aliphatic carbocycles. The Bertz CT molecular complexity index is 1050. The minimum Gasteiger partial charge on any atom is -0.495 e. The third-order valence-corrected chi connectivity index (χ3v) is 4.96. The molecule has 9 heteroatoms. The van der Waals surface area contributed by atoms with E-state index in [4.69, 9.17) is 14.2 Å². The molecule has 162 valence electrons. The summed E-state index contributed by atoms with van der Waals surface area (Å²) in [4.78, 5) is 28.9. The second kappa shape index (κ2) is 10.4. The molecule has 2 N–H and O–H groups in total. The Labute approximate surface area is 184 Å². The van der Waals surface area contributed by atoms with Gasteiger partial charge in [-0.3, -0.25) is 9.59 Å². The van der Waals surface area contributed by atoms with E-state index < -0.39 is 5.91 Å². The van der Waals surface area contributed by atoms with Crippen LogP contribution in [-0.4, -0.2) is 37.6 Å². The number of benzene rings is 2. The lowest BCUT2D eigenvalue weighted by Crippen LogP contribution is -2.33. The summed E-state index contributed by atoms with van der Waals surface area (Å²) in [6.07, 6.45) is 0. The predicted molar refractivity (Wildman–Crippen MR) is 118 cm³/mol. The van der Waals surface area contributed by atoms with Gasteiger partial charge in [0.1, 0.15) is 12.4 Å². The van der Waals surface area contributed by atoms with Crippen molar-refractivity contribution in [3.63, 3.8) is 0 Å². The van der Waals surface area contributed by atoms with Crippen molar-refractivity contribution in [2.24, 2.45) is 0 Å². The first-order chi connectivity index (χ1) is 15.0. The van der Waals surface area contributed by atoms with Crippen molar-refractivity contribution in [2.75, 3.05) is 26.1 Å². The molecule has 0 spiro atoms. The average Bonchev–Trinajstić information content (AvgIpc) is 3.30. The Morgan fingerprint density at radius 1 is 1.03 bits per heavy atom. The maximum Gasteiger partial charge on any atom is 0.251 e. The van der Waals surface area contributed by atoms with Gasteiger partial charge in [-0.1, -0.05) is 6.07 Å². The van der Waals surface area contributed by atoms with E-state index in [1.165, 1.54) is 25.6 Å². The lowest BCUT2D eigenvalue weighted by Gasteiger charge is -2.13. The lowest BCUT2D eigenvalue weighted by molar-refractivity contribution is -0.115. The number of carbonyl (C=O) groups excluding carboxylic acids is 2. The summed E-state index contributed by atoms with van der Waals surface area (Å²) in [6.45, 7) is 2.02. The van der Waals surface area contributed by atoms with Crippen LogP contribution >= 0.6 is 11.3 Å². The minimum absolute atomic E-state index is 0.194. The number of hydrogen-bond acceptors (Lipinski definition) is 7. The Morgan fingerprint density at radius 3 is 2.52 bits per heavy atom. The Kier molecular flexibility index (Phi) is 7.45. The molecular formula is C22H23N3O5S. The largest absolute Gasteiger partial charge is 0.495 e. The van der Waals surface area contributed by atoms with Crippen molar-refractivity contribution < 1.29 is 23.8 Å². The summed E-state index contributed by atoms with van der Waals surface area (Å²) < 4.78 is 16.3. The van der Waals surface area contributed by atoms with E-state index in [9.17, 15) is 9.59 Å². The summed E-state index contributed by atoms with van der Waals surface area (Å²) in [6, 6.07) is 10.3. The number of hydrogen-bond donors (Lipinski definition) is 2. The molecule has 0 saturated heterocycles. The number of aryl methyl sites for hydroxylation is 1. The summed E-state index contributed by atoms with van der Waals surface area (Å²) in [5.41, 5.74) is 4.41. The third-order valence-electron chi connectivity index (χ3n) is 4.32. The molecule has 2 amide bonds. The molecule has 3 aromatic rings. The highest BCUT2D eigenvalue weighted by atomic mass is 32.1. The van der Waals surface area contributed by atoms with Gasteiger partial charge < -0.3 is 24.8 Å². The highest BCUT2D eigenvalue weighted by Gasteiger charge is 2.14. The molecule has 0 unspecified atom stereocenters. The fourth-order valence-corrected chi connectivity index (χ4v) is 3.31. The van der Waals surface area contributed by atoms with Gasteiger partial charge in [-0.05, 0) is 42.8 Å². The quantitative estimate of drug-likeness (QED) is 0.528. The van der Waals surface area contributed by atoms with Gasteiger partial charge in [0, 0.05) is 10.9 Å². The van der Waals surface area contributed by atoms with Crippen LogP contribution in [0.4, 0.5) is 5.69 Å². The van der Waals surface area contributed by atoms with Crippen molar-refractivity contribution in [2.45, 2.75) is 13.5 Å². The van der Waals surface area contributed by atoms with Gasteiger partial charge in [0.25, 0.3) is 5.91 Å². The van der Waals surface area contributed by atoms with Crippen LogP contribution in [0.1, 0.15) is 21.6 Å². The second-order valence-electron chi connectivity index (χ2n) is 6.57. The summed E-state index contributed by atoms with van der Waals surface area (Å²) in [5, 5.41) is 7.24. The number of ether oxygens (including phenoxy) is 3. The molecule has 3 rings (SSSR count). The maximum atomic E-state index is 12.5. The highest BCUT2D eigenvalue weighted by molar-refractivity contribution is 7.07. The predicted octanol–water partition coefficient (Wildman–Crippen LogP) is 3.42. The van der Waals surface area contributed by atoms with Crippen molar-refractivity contribution >= 4 is 28.8 Å². The zero-order chi connectivity index (χ0) is 22.2. The fraction of sp³-hybridized carbons (Fsp3) is 0.227. The number of nitrogens with one attached hydrogen (secondary N) is 2. The monoisotopic (exact) mass is 441 g/mol. The van der Waals surface area contributed by atoms with Crippen molar-refractivity contribution in [1.82, 2.24) is 10.3 Å². The Balaban J connectivity index is 1.58. The number of methoxy groups -OCH3 is 2. The fourth-order valence-electron chi connectivity index (χ4n) is 2.77. The van der Waals surface area contributed by atoms with Crippen LogP contribution in [-0.2, 0) is 11.4 Å². The number of aromatic nitrogens is 1. The topological polar surface area (TPSA) is 98.8 Å². The van der Waals surface area contributed by atoms with Crippen LogP contribution in [0.5, 0.6) is 17.2 Å². The zero-order valence-corrected chi connectivity index (χ0v) is 18.2. The molecule has 1 aromatic heterocycles. The highest BCUT2D eigenvalue weighted by Crippen LogP contribution is 2.29. The SMILES string of the molecule is COc1ccc(C)cc1NC(=O)CNC(=O)c1ccc(OCc2cscn2)c(OC)c1. The molecule has 0 radical (unpaired) electrons. The first kappa shape index (κ1) is 22.1. The normalized spacial score (nSPS) is 10.3. The van der Waals surface area contributed by atoms with Gasteiger partial charge in [-0.15, -0.1) is 11.3 Å².